The van der Waals surface area contributed by atoms with E-state index in [2.05, 4.69) is 48.2 Å². The number of anilines is 1. The highest BCUT2D eigenvalue weighted by Crippen LogP contribution is 2.32. The quantitative estimate of drug-likeness (QED) is 0.115. The van der Waals surface area contributed by atoms with Crippen molar-refractivity contribution >= 4 is 34.8 Å². The van der Waals surface area contributed by atoms with Crippen molar-refractivity contribution in [3.05, 3.63) is 35.0 Å². The van der Waals surface area contributed by atoms with Gasteiger partial charge in [0.05, 0.1) is 18.7 Å². The van der Waals surface area contributed by atoms with Gasteiger partial charge in [-0.15, -0.1) is 5.10 Å². The number of aromatic amines is 1. The fourth-order valence-corrected chi connectivity index (χ4v) is 5.21. The summed E-state index contributed by atoms with van der Waals surface area (Å²) in [6, 6.07) is 7.26. The van der Waals surface area contributed by atoms with Gasteiger partial charge in [0.15, 0.2) is 11.5 Å². The molecule has 0 saturated carbocycles. The summed E-state index contributed by atoms with van der Waals surface area (Å²) in [5.74, 6) is -0.0178. The second-order valence-electron chi connectivity index (χ2n) is 12.0. The first-order chi connectivity index (χ1) is 19.7. The van der Waals surface area contributed by atoms with Crippen LogP contribution >= 0.6 is 11.6 Å². The molecule has 0 radical (unpaired) electrons. The summed E-state index contributed by atoms with van der Waals surface area (Å²) in [6.45, 7) is 8.90. The minimum atomic E-state index is -0.326. The zero-order chi connectivity index (χ0) is 29.7. The van der Waals surface area contributed by atoms with Gasteiger partial charge in [0.2, 0.25) is 5.91 Å². The van der Waals surface area contributed by atoms with Gasteiger partial charge in [-0.25, -0.2) is 4.98 Å². The number of ether oxygens (including phenoxy) is 1. The maximum atomic E-state index is 12.3. The van der Waals surface area contributed by atoms with E-state index in [9.17, 15) is 9.59 Å². The van der Waals surface area contributed by atoms with Crippen LogP contribution in [0.15, 0.2) is 24.3 Å². The predicted octanol–water partition coefficient (Wildman–Crippen LogP) is 8.64. The molecule has 2 heterocycles. The Morgan fingerprint density at radius 1 is 0.902 bits per heavy atom. The number of nitrogens with zero attached hydrogens (tertiary/aromatic N) is 3. The van der Waals surface area contributed by atoms with Crippen molar-refractivity contribution in [1.82, 2.24) is 19.8 Å². The highest BCUT2D eigenvalue weighted by atomic mass is 35.5. The molecule has 8 nitrogen and oxygen atoms in total. The topological polar surface area (TPSA) is 101 Å². The third kappa shape index (κ3) is 10.8. The van der Waals surface area contributed by atoms with Crippen LogP contribution in [0.2, 0.25) is 5.02 Å². The van der Waals surface area contributed by atoms with Gasteiger partial charge >= 0.3 is 5.97 Å². The van der Waals surface area contributed by atoms with Crippen LogP contribution in [0.5, 0.6) is 0 Å². The van der Waals surface area contributed by atoms with Crippen LogP contribution in [0.25, 0.3) is 17.0 Å². The van der Waals surface area contributed by atoms with Crippen molar-refractivity contribution in [3.63, 3.8) is 0 Å². The van der Waals surface area contributed by atoms with Crippen molar-refractivity contribution in [1.29, 1.82) is 0 Å². The molecule has 0 bridgehead atoms. The van der Waals surface area contributed by atoms with E-state index in [1.54, 1.807) is 16.8 Å². The summed E-state index contributed by atoms with van der Waals surface area (Å²) in [5.41, 5.74) is 2.75. The van der Waals surface area contributed by atoms with E-state index in [4.69, 9.17) is 16.3 Å². The molecule has 0 unspecified atom stereocenters. The number of benzene rings is 1. The molecule has 41 heavy (non-hydrogen) atoms. The highest BCUT2D eigenvalue weighted by molar-refractivity contribution is 6.34. The molecule has 1 aromatic carbocycles. The van der Waals surface area contributed by atoms with Gasteiger partial charge in [0, 0.05) is 23.1 Å². The van der Waals surface area contributed by atoms with Gasteiger partial charge < -0.3 is 10.1 Å². The molecule has 0 spiro atoms. The molecule has 0 atom stereocenters. The first-order valence-electron chi connectivity index (χ1n) is 15.4. The van der Waals surface area contributed by atoms with E-state index in [0.29, 0.717) is 28.8 Å². The van der Waals surface area contributed by atoms with E-state index in [-0.39, 0.29) is 30.1 Å². The summed E-state index contributed by atoms with van der Waals surface area (Å²) < 4.78 is 6.89. The molecule has 0 aliphatic carbocycles. The lowest BCUT2D eigenvalue weighted by Gasteiger charge is -2.16. The minimum absolute atomic E-state index is 0.0735. The smallest absolute Gasteiger partial charge is 0.306 e. The summed E-state index contributed by atoms with van der Waals surface area (Å²) in [5, 5.41) is 11.1. The van der Waals surface area contributed by atoms with Crippen LogP contribution in [-0.4, -0.2) is 38.3 Å². The first kappa shape index (κ1) is 32.6. The van der Waals surface area contributed by atoms with Crippen LogP contribution in [0.1, 0.15) is 123 Å². The number of aromatic nitrogens is 4. The molecule has 2 N–H and O–H groups in total. The Balaban J connectivity index is 1.27. The monoisotopic (exact) mass is 585 g/mol. The van der Waals surface area contributed by atoms with Crippen LogP contribution in [0.3, 0.4) is 0 Å². The normalized spacial score (nSPS) is 11.7. The molecule has 9 heteroatoms. The average Bonchev–Trinajstić information content (AvgIpc) is 3.50. The molecular formula is C32H48ClN5O3. The molecule has 1 amide bonds. The summed E-state index contributed by atoms with van der Waals surface area (Å²) in [6.07, 6.45) is 15.4. The molecule has 3 aromatic rings. The first-order valence-corrected chi connectivity index (χ1v) is 15.8. The third-order valence-corrected chi connectivity index (χ3v) is 7.59. The summed E-state index contributed by atoms with van der Waals surface area (Å²) >= 11 is 6.52. The molecule has 0 aliphatic heterocycles. The number of fused-ring (bicyclic) bond motifs is 1. The lowest BCUT2D eigenvalue weighted by molar-refractivity contribution is -0.144. The Bertz CT molecular complexity index is 1230. The zero-order valence-corrected chi connectivity index (χ0v) is 26.1. The lowest BCUT2D eigenvalue weighted by Crippen LogP contribution is -2.14. The van der Waals surface area contributed by atoms with Gasteiger partial charge in [-0.3, -0.25) is 14.7 Å². The van der Waals surface area contributed by atoms with E-state index < -0.39 is 0 Å². The second kappa shape index (κ2) is 16.5. The zero-order valence-electron chi connectivity index (χ0n) is 25.4. The predicted molar refractivity (Wildman–Crippen MR) is 166 cm³/mol. The van der Waals surface area contributed by atoms with Gasteiger partial charge in [0.1, 0.15) is 5.02 Å². The number of amides is 1. The molecule has 0 aliphatic rings. The van der Waals surface area contributed by atoms with E-state index in [1.807, 2.05) is 12.1 Å². The minimum Gasteiger partial charge on any atom is -0.466 e. The standard InChI is InChI=1S/C32H48ClN5O3/c1-5-6-7-8-9-10-11-12-13-14-15-16-23-41-27(40)22-21-26(39)34-25-19-17-24(18-20-25)30-35-31-28(33)29(32(2,3)4)36-38(31)37-30/h17-20,36H,5-16,21-23H2,1-4H3,(H,34,39). The number of esters is 1. The van der Waals surface area contributed by atoms with Gasteiger partial charge in [-0.1, -0.05) is 110 Å². The largest absolute Gasteiger partial charge is 0.466 e. The van der Waals surface area contributed by atoms with Crippen molar-refractivity contribution in [2.75, 3.05) is 11.9 Å². The molecule has 3 rings (SSSR count). The van der Waals surface area contributed by atoms with Gasteiger partial charge in [-0.2, -0.15) is 4.63 Å². The van der Waals surface area contributed by atoms with Crippen LogP contribution in [-0.2, 0) is 19.7 Å². The number of halogens is 1. The number of hydrogen-bond donors (Lipinski definition) is 2. The number of carbonyl (C=O) groups excluding carboxylic acids is 2. The second-order valence-corrected chi connectivity index (χ2v) is 12.3. The highest BCUT2D eigenvalue weighted by Gasteiger charge is 2.24. The van der Waals surface area contributed by atoms with Crippen LogP contribution in [0, 0.1) is 0 Å². The summed E-state index contributed by atoms with van der Waals surface area (Å²) in [4.78, 5) is 28.9. The maximum Gasteiger partial charge on any atom is 0.306 e. The Labute approximate surface area is 250 Å². The number of unbranched alkanes of at least 4 members (excludes halogenated alkanes) is 11. The van der Waals surface area contributed by atoms with Gasteiger partial charge in [0.25, 0.3) is 0 Å². The van der Waals surface area contributed by atoms with E-state index in [0.717, 1.165) is 24.1 Å². The number of carbonyl (C=O) groups is 2. The Kier molecular flexibility index (Phi) is 13.2. The van der Waals surface area contributed by atoms with Gasteiger partial charge in [-0.05, 0) is 30.7 Å². The fraction of sp³-hybridized carbons (Fsp3) is 0.625. The average molecular weight is 586 g/mol. The van der Waals surface area contributed by atoms with Crippen molar-refractivity contribution in [2.24, 2.45) is 0 Å². The Morgan fingerprint density at radius 3 is 2.05 bits per heavy atom. The number of hydrogen-bond acceptors (Lipinski definition) is 5. The Morgan fingerprint density at radius 2 is 1.49 bits per heavy atom. The summed E-state index contributed by atoms with van der Waals surface area (Å²) in [7, 11) is 0. The number of nitrogens with one attached hydrogen (secondary N) is 2. The van der Waals surface area contributed by atoms with E-state index >= 15 is 0 Å². The Hall–Kier alpha value is -2.87. The molecular weight excluding hydrogens is 538 g/mol. The number of rotatable bonds is 18. The molecule has 2 aromatic heterocycles. The number of H-pyrrole nitrogens is 1. The molecule has 0 fully saturated rings. The van der Waals surface area contributed by atoms with Crippen LogP contribution in [0.4, 0.5) is 5.69 Å². The van der Waals surface area contributed by atoms with E-state index in [1.165, 1.54) is 64.2 Å². The van der Waals surface area contributed by atoms with Crippen molar-refractivity contribution < 1.29 is 14.3 Å². The molecule has 226 valence electrons. The third-order valence-electron chi connectivity index (χ3n) is 7.23. The van der Waals surface area contributed by atoms with Crippen molar-refractivity contribution in [2.45, 2.75) is 123 Å². The fourth-order valence-electron chi connectivity index (χ4n) is 4.76. The maximum absolute atomic E-state index is 12.3. The SMILES string of the molecule is CCCCCCCCCCCCCCOC(=O)CCC(=O)Nc1ccc(-c2nc3c(Cl)c(C(C)(C)C)[nH]n3n2)cc1. The molecule has 0 saturated heterocycles. The van der Waals surface area contributed by atoms with Crippen LogP contribution < -0.4 is 5.32 Å². The van der Waals surface area contributed by atoms with Crippen molar-refractivity contribution in [3.8, 4) is 11.4 Å². The lowest BCUT2D eigenvalue weighted by atomic mass is 9.92.